The van der Waals surface area contributed by atoms with E-state index >= 15 is 0 Å². The molecule has 1 amide bonds. The van der Waals surface area contributed by atoms with Crippen LogP contribution in [0.25, 0.3) is 0 Å². The highest BCUT2D eigenvalue weighted by Gasteiger charge is 2.26. The molecule has 0 N–H and O–H groups in total. The second-order valence-electron chi connectivity index (χ2n) is 7.74. The molecule has 1 aliphatic heterocycles. The first-order valence-electron chi connectivity index (χ1n) is 11.0. The number of aryl methyl sites for hydroxylation is 2. The van der Waals surface area contributed by atoms with E-state index in [1.54, 1.807) is 6.92 Å². The van der Waals surface area contributed by atoms with Gasteiger partial charge in [0.2, 0.25) is 11.8 Å². The van der Waals surface area contributed by atoms with Gasteiger partial charge >= 0.3 is 0 Å². The molecule has 1 saturated heterocycles. The summed E-state index contributed by atoms with van der Waals surface area (Å²) < 4.78 is 16.6. The normalized spacial score (nSPS) is 16.2. The Morgan fingerprint density at radius 1 is 1.19 bits per heavy atom. The van der Waals surface area contributed by atoms with Crippen LogP contribution in [0.15, 0.2) is 47.0 Å². The summed E-state index contributed by atoms with van der Waals surface area (Å²) in [6, 6.07) is 14.0. The molecule has 3 aromatic rings. The number of pyridine rings is 1. The molecule has 1 aromatic carbocycles. The lowest BCUT2D eigenvalue weighted by Crippen LogP contribution is -2.42. The standard InChI is InChI=1S/C24H28N4O4/c1-3-30-20-9-7-18(8-10-20)15-19-5-4-6-21(26-19)22-16-28(13-14-31-22)24(29)12-11-23-25-17(2)27-32-23/h4-10,22H,3,11-16H2,1-2H3/t22-/m0/s1. The summed E-state index contributed by atoms with van der Waals surface area (Å²) in [4.78, 5) is 23.5. The lowest BCUT2D eigenvalue weighted by molar-refractivity contribution is -0.139. The van der Waals surface area contributed by atoms with Crippen LogP contribution in [0.3, 0.4) is 0 Å². The monoisotopic (exact) mass is 436 g/mol. The molecule has 2 aromatic heterocycles. The van der Waals surface area contributed by atoms with Gasteiger partial charge in [-0.3, -0.25) is 9.78 Å². The summed E-state index contributed by atoms with van der Waals surface area (Å²) in [5.41, 5.74) is 2.97. The maximum absolute atomic E-state index is 12.7. The van der Waals surface area contributed by atoms with Crippen LogP contribution in [0.4, 0.5) is 0 Å². The van der Waals surface area contributed by atoms with E-state index in [-0.39, 0.29) is 12.0 Å². The first-order chi connectivity index (χ1) is 15.6. The Bertz CT molecular complexity index is 1030. The van der Waals surface area contributed by atoms with E-state index in [0.717, 1.165) is 29.1 Å². The van der Waals surface area contributed by atoms with Crippen LogP contribution in [-0.4, -0.2) is 52.2 Å². The fourth-order valence-corrected chi connectivity index (χ4v) is 3.72. The molecule has 0 aliphatic carbocycles. The van der Waals surface area contributed by atoms with Gasteiger partial charge in [-0.1, -0.05) is 23.4 Å². The zero-order valence-electron chi connectivity index (χ0n) is 18.5. The minimum absolute atomic E-state index is 0.0553. The van der Waals surface area contributed by atoms with Gasteiger partial charge in [0.1, 0.15) is 11.9 Å². The molecule has 0 saturated carbocycles. The van der Waals surface area contributed by atoms with Crippen molar-refractivity contribution >= 4 is 5.91 Å². The van der Waals surface area contributed by atoms with Crippen molar-refractivity contribution in [3.05, 3.63) is 71.1 Å². The summed E-state index contributed by atoms with van der Waals surface area (Å²) in [6.45, 7) is 5.94. The quantitative estimate of drug-likeness (QED) is 0.535. The second-order valence-corrected chi connectivity index (χ2v) is 7.74. The number of amides is 1. The summed E-state index contributed by atoms with van der Waals surface area (Å²) in [6.07, 6.45) is 1.26. The van der Waals surface area contributed by atoms with Gasteiger partial charge in [0.15, 0.2) is 5.82 Å². The molecular formula is C24H28N4O4. The molecule has 0 radical (unpaired) electrons. The molecular weight excluding hydrogens is 408 g/mol. The molecule has 1 fully saturated rings. The maximum atomic E-state index is 12.7. The number of benzene rings is 1. The summed E-state index contributed by atoms with van der Waals surface area (Å²) in [7, 11) is 0. The van der Waals surface area contributed by atoms with Crippen LogP contribution < -0.4 is 4.74 Å². The molecule has 1 atom stereocenters. The first-order valence-corrected chi connectivity index (χ1v) is 11.0. The highest BCUT2D eigenvalue weighted by molar-refractivity contribution is 5.76. The number of nitrogens with zero attached hydrogens (tertiary/aromatic N) is 4. The zero-order chi connectivity index (χ0) is 22.3. The van der Waals surface area contributed by atoms with Crippen molar-refractivity contribution in [3.63, 3.8) is 0 Å². The van der Waals surface area contributed by atoms with Crippen LogP contribution in [0, 0.1) is 6.92 Å². The van der Waals surface area contributed by atoms with Crippen molar-refractivity contribution in [2.75, 3.05) is 26.3 Å². The number of aromatic nitrogens is 3. The topological polar surface area (TPSA) is 90.6 Å². The van der Waals surface area contributed by atoms with E-state index < -0.39 is 0 Å². The number of rotatable bonds is 8. The number of morpholine rings is 1. The number of hydrogen-bond acceptors (Lipinski definition) is 7. The van der Waals surface area contributed by atoms with Crippen molar-refractivity contribution in [2.24, 2.45) is 0 Å². The van der Waals surface area contributed by atoms with Crippen molar-refractivity contribution in [1.82, 2.24) is 20.0 Å². The van der Waals surface area contributed by atoms with Crippen LogP contribution in [-0.2, 0) is 22.4 Å². The molecule has 8 heteroatoms. The molecule has 0 bridgehead atoms. The third-order valence-electron chi connectivity index (χ3n) is 5.32. The van der Waals surface area contributed by atoms with Crippen LogP contribution in [0.1, 0.15) is 48.1 Å². The Labute approximate surface area is 187 Å². The summed E-state index contributed by atoms with van der Waals surface area (Å²) in [5.74, 6) is 1.99. The largest absolute Gasteiger partial charge is 0.494 e. The first kappa shape index (κ1) is 22.0. The Balaban J connectivity index is 1.36. The Morgan fingerprint density at radius 3 is 2.78 bits per heavy atom. The van der Waals surface area contributed by atoms with Gasteiger partial charge in [-0.15, -0.1) is 0 Å². The van der Waals surface area contributed by atoms with Gasteiger partial charge < -0.3 is 18.9 Å². The smallest absolute Gasteiger partial charge is 0.227 e. The van der Waals surface area contributed by atoms with Gasteiger partial charge in [0.05, 0.1) is 25.5 Å². The van der Waals surface area contributed by atoms with Gasteiger partial charge in [-0.25, -0.2) is 0 Å². The van der Waals surface area contributed by atoms with Crippen molar-refractivity contribution in [2.45, 2.75) is 39.2 Å². The van der Waals surface area contributed by atoms with E-state index in [2.05, 4.69) is 22.3 Å². The molecule has 8 nitrogen and oxygen atoms in total. The average Bonchev–Trinajstić information content (AvgIpc) is 3.24. The van der Waals surface area contributed by atoms with Gasteiger partial charge in [-0.05, 0) is 43.7 Å². The third kappa shape index (κ3) is 5.70. The average molecular weight is 437 g/mol. The predicted molar refractivity (Wildman–Crippen MR) is 117 cm³/mol. The number of carbonyl (C=O) groups excluding carboxylic acids is 1. The third-order valence-corrected chi connectivity index (χ3v) is 5.32. The summed E-state index contributed by atoms with van der Waals surface area (Å²) >= 11 is 0. The van der Waals surface area contributed by atoms with Crippen molar-refractivity contribution in [3.8, 4) is 5.75 Å². The van der Waals surface area contributed by atoms with E-state index in [4.69, 9.17) is 19.0 Å². The van der Waals surface area contributed by atoms with Crippen molar-refractivity contribution < 1.29 is 18.8 Å². The lowest BCUT2D eigenvalue weighted by atomic mass is 10.1. The molecule has 0 unspecified atom stereocenters. The van der Waals surface area contributed by atoms with Gasteiger partial charge in [0, 0.05) is 31.5 Å². The molecule has 3 heterocycles. The number of carbonyl (C=O) groups is 1. The highest BCUT2D eigenvalue weighted by Crippen LogP contribution is 2.23. The molecule has 0 spiro atoms. The number of hydrogen-bond donors (Lipinski definition) is 0. The fraction of sp³-hybridized carbons (Fsp3) is 0.417. The van der Waals surface area contributed by atoms with Gasteiger partial charge in [0.25, 0.3) is 0 Å². The minimum Gasteiger partial charge on any atom is -0.494 e. The van der Waals surface area contributed by atoms with Crippen LogP contribution >= 0.6 is 0 Å². The zero-order valence-corrected chi connectivity index (χ0v) is 18.5. The fourth-order valence-electron chi connectivity index (χ4n) is 3.72. The van der Waals surface area contributed by atoms with E-state index in [0.29, 0.717) is 50.9 Å². The predicted octanol–water partition coefficient (Wildman–Crippen LogP) is 3.30. The lowest BCUT2D eigenvalue weighted by Gasteiger charge is -2.32. The highest BCUT2D eigenvalue weighted by atomic mass is 16.5. The Kier molecular flexibility index (Phi) is 7.11. The van der Waals surface area contributed by atoms with Gasteiger partial charge in [-0.2, -0.15) is 4.98 Å². The number of ether oxygens (including phenoxy) is 2. The Hall–Kier alpha value is -3.26. The second kappa shape index (κ2) is 10.4. The molecule has 1 aliphatic rings. The minimum atomic E-state index is -0.237. The SMILES string of the molecule is CCOc1ccc(Cc2cccc([C@@H]3CN(C(=O)CCc4nc(C)no4)CCO3)n2)cc1. The molecule has 32 heavy (non-hydrogen) atoms. The maximum Gasteiger partial charge on any atom is 0.227 e. The Morgan fingerprint density at radius 2 is 2.03 bits per heavy atom. The van der Waals surface area contributed by atoms with E-state index in [9.17, 15) is 4.79 Å². The van der Waals surface area contributed by atoms with Crippen LogP contribution in [0.2, 0.25) is 0 Å². The summed E-state index contributed by atoms with van der Waals surface area (Å²) in [5, 5.41) is 3.76. The molecule has 4 rings (SSSR count). The van der Waals surface area contributed by atoms with Crippen molar-refractivity contribution in [1.29, 1.82) is 0 Å². The van der Waals surface area contributed by atoms with E-state index in [1.165, 1.54) is 0 Å². The van der Waals surface area contributed by atoms with Crippen LogP contribution in [0.5, 0.6) is 5.75 Å². The molecule has 168 valence electrons. The van der Waals surface area contributed by atoms with E-state index in [1.807, 2.05) is 42.2 Å².